The molecule has 1 amide bonds. The van der Waals surface area contributed by atoms with Gasteiger partial charge in [0, 0.05) is 0 Å². The first-order chi connectivity index (χ1) is 19.9. The van der Waals surface area contributed by atoms with Crippen LogP contribution in [0, 0.1) is 0 Å². The van der Waals surface area contributed by atoms with E-state index in [-0.39, 0.29) is 4.90 Å². The number of methoxy groups -OCH3 is 1. The maximum absolute atomic E-state index is 13.4. The number of ether oxygens (including phenoxy) is 3. The molecule has 0 aromatic heterocycles. The van der Waals surface area contributed by atoms with Gasteiger partial charge in [-0.05, 0) is 72.6 Å². The summed E-state index contributed by atoms with van der Waals surface area (Å²) in [5.74, 6) is 1.06. The van der Waals surface area contributed by atoms with Crippen LogP contribution >= 0.6 is 0 Å². The molecule has 0 aliphatic carbocycles. The molecule has 0 aliphatic heterocycles. The van der Waals surface area contributed by atoms with Crippen molar-refractivity contribution in [2.45, 2.75) is 18.4 Å². The number of hydrogen-bond acceptors (Lipinski definition) is 7. The van der Waals surface area contributed by atoms with Crippen molar-refractivity contribution in [2.75, 3.05) is 24.6 Å². The molecule has 0 saturated carbocycles. The fourth-order valence-electron chi connectivity index (χ4n) is 3.86. The van der Waals surface area contributed by atoms with E-state index in [0.29, 0.717) is 41.7 Å². The number of hydrazone groups is 1. The first-order valence-electron chi connectivity index (χ1n) is 12.9. The SMILES string of the molecule is CCOc1cc(C=NNC(=O)CN(c2ccc(OC)cc2)S(=O)(=O)c2ccccc2)ccc1OCc1ccccc1. The zero-order valence-electron chi connectivity index (χ0n) is 22.8. The molecule has 4 aromatic rings. The molecule has 0 spiro atoms. The summed E-state index contributed by atoms with van der Waals surface area (Å²) in [5, 5.41) is 4.03. The Morgan fingerprint density at radius 2 is 1.56 bits per heavy atom. The Hall–Kier alpha value is -4.83. The number of anilines is 1. The van der Waals surface area contributed by atoms with E-state index in [1.54, 1.807) is 60.7 Å². The highest BCUT2D eigenvalue weighted by Crippen LogP contribution is 2.29. The lowest BCUT2D eigenvalue weighted by Gasteiger charge is -2.23. The Kier molecular flexibility index (Phi) is 9.95. The summed E-state index contributed by atoms with van der Waals surface area (Å²) in [6, 6.07) is 29.4. The number of rotatable bonds is 13. The van der Waals surface area contributed by atoms with Gasteiger partial charge in [0.15, 0.2) is 11.5 Å². The lowest BCUT2D eigenvalue weighted by atomic mass is 10.2. The van der Waals surface area contributed by atoms with Gasteiger partial charge in [0.1, 0.15) is 18.9 Å². The summed E-state index contributed by atoms with van der Waals surface area (Å²) < 4.78 is 44.8. The van der Waals surface area contributed by atoms with Gasteiger partial charge < -0.3 is 14.2 Å². The molecule has 0 unspecified atom stereocenters. The van der Waals surface area contributed by atoms with Crippen LogP contribution in [0.5, 0.6) is 17.2 Å². The molecule has 41 heavy (non-hydrogen) atoms. The van der Waals surface area contributed by atoms with Crippen LogP contribution < -0.4 is 23.9 Å². The van der Waals surface area contributed by atoms with Crippen molar-refractivity contribution in [2.24, 2.45) is 5.10 Å². The second kappa shape index (κ2) is 14.0. The molecule has 0 bridgehead atoms. The van der Waals surface area contributed by atoms with Gasteiger partial charge in [0.25, 0.3) is 15.9 Å². The maximum Gasteiger partial charge on any atom is 0.264 e. The molecule has 9 nitrogen and oxygen atoms in total. The number of nitrogens with zero attached hydrogens (tertiary/aromatic N) is 2. The smallest absolute Gasteiger partial charge is 0.264 e. The highest BCUT2D eigenvalue weighted by atomic mass is 32.2. The van der Waals surface area contributed by atoms with Crippen LogP contribution in [0.25, 0.3) is 0 Å². The largest absolute Gasteiger partial charge is 0.497 e. The summed E-state index contributed by atoms with van der Waals surface area (Å²) >= 11 is 0. The summed E-state index contributed by atoms with van der Waals surface area (Å²) in [4.78, 5) is 12.9. The number of amides is 1. The molecule has 212 valence electrons. The number of hydrogen-bond donors (Lipinski definition) is 1. The standard InChI is InChI=1S/C31H31N3O6S/c1-3-39-30-20-25(14-19-29(30)40-23-24-10-6-4-7-11-24)21-32-33-31(35)22-34(26-15-17-27(38-2)18-16-26)41(36,37)28-12-8-5-9-13-28/h4-21H,3,22-23H2,1-2H3,(H,33,35). The molecular formula is C31H31N3O6S. The summed E-state index contributed by atoms with van der Waals surface area (Å²) in [7, 11) is -2.52. The van der Waals surface area contributed by atoms with E-state index >= 15 is 0 Å². The minimum absolute atomic E-state index is 0.0603. The topological polar surface area (TPSA) is 107 Å². The van der Waals surface area contributed by atoms with Gasteiger partial charge >= 0.3 is 0 Å². The first kappa shape index (κ1) is 29.2. The highest BCUT2D eigenvalue weighted by Gasteiger charge is 2.27. The van der Waals surface area contributed by atoms with E-state index in [9.17, 15) is 13.2 Å². The highest BCUT2D eigenvalue weighted by molar-refractivity contribution is 7.92. The third-order valence-electron chi connectivity index (χ3n) is 5.89. The van der Waals surface area contributed by atoms with Gasteiger partial charge in [-0.3, -0.25) is 9.10 Å². The minimum Gasteiger partial charge on any atom is -0.497 e. The molecule has 0 atom stereocenters. The van der Waals surface area contributed by atoms with Crippen molar-refractivity contribution in [3.05, 3.63) is 114 Å². The third-order valence-corrected chi connectivity index (χ3v) is 7.67. The van der Waals surface area contributed by atoms with Crippen LogP contribution in [0.4, 0.5) is 5.69 Å². The average Bonchev–Trinajstić information content (AvgIpc) is 3.00. The van der Waals surface area contributed by atoms with E-state index < -0.39 is 22.5 Å². The molecule has 0 aliphatic rings. The van der Waals surface area contributed by atoms with E-state index in [0.717, 1.165) is 9.87 Å². The van der Waals surface area contributed by atoms with E-state index in [1.807, 2.05) is 37.3 Å². The van der Waals surface area contributed by atoms with Gasteiger partial charge in [-0.2, -0.15) is 5.10 Å². The van der Waals surface area contributed by atoms with Crippen molar-refractivity contribution in [1.82, 2.24) is 5.43 Å². The Morgan fingerprint density at radius 3 is 2.22 bits per heavy atom. The minimum atomic E-state index is -4.04. The molecule has 0 radical (unpaired) electrons. The molecule has 4 aromatic carbocycles. The van der Waals surface area contributed by atoms with Gasteiger partial charge in [-0.15, -0.1) is 0 Å². The van der Waals surface area contributed by atoms with Crippen molar-refractivity contribution in [1.29, 1.82) is 0 Å². The maximum atomic E-state index is 13.4. The normalized spacial score (nSPS) is 11.2. The van der Waals surface area contributed by atoms with E-state index in [1.165, 1.54) is 25.5 Å². The van der Waals surface area contributed by atoms with Crippen LogP contribution in [0.2, 0.25) is 0 Å². The van der Waals surface area contributed by atoms with Crippen LogP contribution in [-0.4, -0.2) is 40.8 Å². The Labute approximate surface area is 240 Å². The van der Waals surface area contributed by atoms with Crippen LogP contribution in [0.1, 0.15) is 18.1 Å². The molecule has 0 fully saturated rings. The van der Waals surface area contributed by atoms with Crippen molar-refractivity contribution < 1.29 is 27.4 Å². The lowest BCUT2D eigenvalue weighted by Crippen LogP contribution is -2.39. The Morgan fingerprint density at radius 1 is 0.878 bits per heavy atom. The van der Waals surface area contributed by atoms with Crippen molar-refractivity contribution >= 4 is 27.8 Å². The van der Waals surface area contributed by atoms with Crippen LogP contribution in [0.15, 0.2) is 113 Å². The quantitative estimate of drug-likeness (QED) is 0.178. The molecule has 0 saturated heterocycles. The van der Waals surface area contributed by atoms with Crippen LogP contribution in [-0.2, 0) is 21.4 Å². The lowest BCUT2D eigenvalue weighted by molar-refractivity contribution is -0.119. The molecule has 1 N–H and O–H groups in total. The number of nitrogens with one attached hydrogen (secondary N) is 1. The summed E-state index contributed by atoms with van der Waals surface area (Å²) in [5.41, 5.74) is 4.41. The Bertz CT molecular complexity index is 1560. The molecule has 10 heteroatoms. The third kappa shape index (κ3) is 7.86. The fraction of sp³-hybridized carbons (Fsp3) is 0.161. The summed E-state index contributed by atoms with van der Waals surface area (Å²) in [6.07, 6.45) is 1.45. The number of benzene rings is 4. The number of sulfonamides is 1. The Balaban J connectivity index is 1.46. The monoisotopic (exact) mass is 573 g/mol. The van der Waals surface area contributed by atoms with Gasteiger partial charge in [0.2, 0.25) is 0 Å². The molecule has 0 heterocycles. The number of carbonyl (C=O) groups excluding carboxylic acids is 1. The second-order valence-corrected chi connectivity index (χ2v) is 10.6. The average molecular weight is 574 g/mol. The number of carbonyl (C=O) groups is 1. The van der Waals surface area contributed by atoms with E-state index in [2.05, 4.69) is 10.5 Å². The zero-order valence-corrected chi connectivity index (χ0v) is 23.6. The van der Waals surface area contributed by atoms with E-state index in [4.69, 9.17) is 14.2 Å². The van der Waals surface area contributed by atoms with Crippen molar-refractivity contribution in [3.8, 4) is 17.2 Å². The van der Waals surface area contributed by atoms with Gasteiger partial charge in [-0.1, -0.05) is 48.5 Å². The molecular weight excluding hydrogens is 542 g/mol. The summed E-state index contributed by atoms with van der Waals surface area (Å²) in [6.45, 7) is 2.22. The van der Waals surface area contributed by atoms with Crippen molar-refractivity contribution in [3.63, 3.8) is 0 Å². The first-order valence-corrected chi connectivity index (χ1v) is 14.3. The zero-order chi connectivity index (χ0) is 29.1. The van der Waals surface area contributed by atoms with Gasteiger partial charge in [0.05, 0.1) is 30.5 Å². The predicted molar refractivity (Wildman–Crippen MR) is 158 cm³/mol. The molecule has 4 rings (SSSR count). The fourth-order valence-corrected chi connectivity index (χ4v) is 5.30. The predicted octanol–water partition coefficient (Wildman–Crippen LogP) is 5.02. The van der Waals surface area contributed by atoms with Gasteiger partial charge in [-0.25, -0.2) is 13.8 Å². The van der Waals surface area contributed by atoms with Crippen LogP contribution in [0.3, 0.4) is 0 Å². The second-order valence-electron chi connectivity index (χ2n) is 8.73.